The van der Waals surface area contributed by atoms with Gasteiger partial charge in [0.15, 0.2) is 5.65 Å². The largest absolute Gasteiger partial charge is 0.339 e. The maximum atomic E-state index is 12.4. The molecule has 2 rings (SSSR count). The number of fused-ring (bicyclic) bond motifs is 1. The maximum absolute atomic E-state index is 12.4. The first kappa shape index (κ1) is 13.5. The highest BCUT2D eigenvalue weighted by Crippen LogP contribution is 2.18. The predicted molar refractivity (Wildman–Crippen MR) is 75.1 cm³/mol. The summed E-state index contributed by atoms with van der Waals surface area (Å²) in [6.07, 6.45) is 2.56. The molecule has 2 heterocycles. The monoisotopic (exact) mass is 260 g/mol. The molecule has 19 heavy (non-hydrogen) atoms. The molecule has 1 amide bonds. The van der Waals surface area contributed by atoms with E-state index in [9.17, 15) is 4.79 Å². The second kappa shape index (κ2) is 4.99. The van der Waals surface area contributed by atoms with Crippen LogP contribution in [-0.2, 0) is 7.05 Å². The van der Waals surface area contributed by atoms with Crippen LogP contribution in [0.15, 0.2) is 12.3 Å². The molecule has 0 aliphatic heterocycles. The van der Waals surface area contributed by atoms with Crippen LogP contribution in [0.3, 0.4) is 0 Å². The summed E-state index contributed by atoms with van der Waals surface area (Å²) in [5.74, 6) is 0.00648. The van der Waals surface area contributed by atoms with Gasteiger partial charge in [0.1, 0.15) is 0 Å². The molecule has 1 unspecified atom stereocenters. The van der Waals surface area contributed by atoms with E-state index < -0.39 is 0 Å². The molecule has 0 fully saturated rings. The first-order valence-electron chi connectivity index (χ1n) is 6.52. The Labute approximate surface area is 113 Å². The highest BCUT2D eigenvalue weighted by atomic mass is 16.2. The molecule has 0 radical (unpaired) electrons. The first-order chi connectivity index (χ1) is 8.95. The molecule has 0 bridgehead atoms. The van der Waals surface area contributed by atoms with Gasteiger partial charge in [-0.05, 0) is 26.3 Å². The normalized spacial score (nSPS) is 12.7. The third-order valence-electron chi connectivity index (χ3n) is 3.68. The van der Waals surface area contributed by atoms with Crippen LogP contribution in [-0.4, -0.2) is 38.7 Å². The van der Waals surface area contributed by atoms with E-state index in [2.05, 4.69) is 17.0 Å². The van der Waals surface area contributed by atoms with E-state index in [1.807, 2.05) is 34.0 Å². The average molecular weight is 260 g/mol. The summed E-state index contributed by atoms with van der Waals surface area (Å²) in [5.41, 5.74) is 2.32. The quantitative estimate of drug-likeness (QED) is 0.849. The van der Waals surface area contributed by atoms with Gasteiger partial charge in [0.25, 0.3) is 5.91 Å². The minimum absolute atomic E-state index is 0.00648. The molecule has 0 aliphatic carbocycles. The topological polar surface area (TPSA) is 51.0 Å². The lowest BCUT2D eigenvalue weighted by Gasteiger charge is -2.23. The standard InChI is InChI=1S/C14H20N4O/c1-6-9(2)17(4)14(19)11-7-12-10(3)16-18(5)13(12)15-8-11/h7-9H,6H2,1-5H3. The zero-order chi connectivity index (χ0) is 14.2. The lowest BCUT2D eigenvalue weighted by molar-refractivity contribution is 0.0740. The molecule has 0 spiro atoms. The van der Waals surface area contributed by atoms with Crippen molar-refractivity contribution in [3.05, 3.63) is 23.5 Å². The summed E-state index contributed by atoms with van der Waals surface area (Å²) in [6.45, 7) is 6.04. The Morgan fingerprint density at radius 2 is 2.21 bits per heavy atom. The molecule has 2 aromatic heterocycles. The Morgan fingerprint density at radius 1 is 1.53 bits per heavy atom. The second-order valence-corrected chi connectivity index (χ2v) is 4.98. The minimum Gasteiger partial charge on any atom is -0.339 e. The van der Waals surface area contributed by atoms with Crippen LogP contribution in [0.1, 0.15) is 36.3 Å². The summed E-state index contributed by atoms with van der Waals surface area (Å²) < 4.78 is 1.73. The van der Waals surface area contributed by atoms with Gasteiger partial charge in [-0.1, -0.05) is 6.92 Å². The molecule has 5 nitrogen and oxygen atoms in total. The smallest absolute Gasteiger partial charge is 0.255 e. The van der Waals surface area contributed by atoms with E-state index in [1.54, 1.807) is 15.8 Å². The van der Waals surface area contributed by atoms with Crippen molar-refractivity contribution >= 4 is 16.9 Å². The number of rotatable bonds is 3. The SMILES string of the molecule is CCC(C)N(C)C(=O)c1cnc2c(c1)c(C)nn2C. The van der Waals surface area contributed by atoms with Crippen LogP contribution in [0.5, 0.6) is 0 Å². The van der Waals surface area contributed by atoms with Gasteiger partial charge in [-0.2, -0.15) is 5.10 Å². The zero-order valence-electron chi connectivity index (χ0n) is 12.1. The third kappa shape index (κ3) is 2.32. The highest BCUT2D eigenvalue weighted by Gasteiger charge is 2.18. The van der Waals surface area contributed by atoms with E-state index in [-0.39, 0.29) is 11.9 Å². The summed E-state index contributed by atoms with van der Waals surface area (Å²) in [4.78, 5) is 18.5. The molecule has 0 saturated heterocycles. The predicted octanol–water partition coefficient (Wildman–Crippen LogP) is 2.15. The number of amides is 1. The van der Waals surface area contributed by atoms with Crippen molar-refractivity contribution in [2.75, 3.05) is 7.05 Å². The second-order valence-electron chi connectivity index (χ2n) is 4.98. The molecule has 0 N–H and O–H groups in total. The molecule has 0 aromatic carbocycles. The fourth-order valence-electron chi connectivity index (χ4n) is 2.10. The van der Waals surface area contributed by atoms with Crippen LogP contribution in [0.25, 0.3) is 11.0 Å². The van der Waals surface area contributed by atoms with Gasteiger partial charge in [-0.3, -0.25) is 9.48 Å². The highest BCUT2D eigenvalue weighted by molar-refractivity contribution is 5.97. The van der Waals surface area contributed by atoms with E-state index in [1.165, 1.54) is 0 Å². The van der Waals surface area contributed by atoms with Crippen molar-refractivity contribution < 1.29 is 4.79 Å². The van der Waals surface area contributed by atoms with Gasteiger partial charge in [-0.25, -0.2) is 4.98 Å². The van der Waals surface area contributed by atoms with Crippen LogP contribution >= 0.6 is 0 Å². The Hall–Kier alpha value is -1.91. The molecule has 2 aromatic rings. The van der Waals surface area contributed by atoms with Crippen molar-refractivity contribution in [3.63, 3.8) is 0 Å². The van der Waals surface area contributed by atoms with Gasteiger partial charge < -0.3 is 4.90 Å². The molecule has 102 valence electrons. The summed E-state index contributed by atoms with van der Waals surface area (Å²) in [7, 11) is 3.69. The van der Waals surface area contributed by atoms with Crippen molar-refractivity contribution in [1.82, 2.24) is 19.7 Å². The number of pyridine rings is 1. The lowest BCUT2D eigenvalue weighted by atomic mass is 10.1. The molecule has 1 atom stereocenters. The maximum Gasteiger partial charge on any atom is 0.255 e. The van der Waals surface area contributed by atoms with Gasteiger partial charge >= 0.3 is 0 Å². The third-order valence-corrected chi connectivity index (χ3v) is 3.68. The molecule has 0 saturated carbocycles. The average Bonchev–Trinajstić information content (AvgIpc) is 2.71. The van der Waals surface area contributed by atoms with E-state index in [0.29, 0.717) is 5.56 Å². The number of aryl methyl sites for hydroxylation is 2. The molecular formula is C14H20N4O. The zero-order valence-corrected chi connectivity index (χ0v) is 12.1. The van der Waals surface area contributed by atoms with Gasteiger partial charge in [-0.15, -0.1) is 0 Å². The number of hydrogen-bond donors (Lipinski definition) is 0. The number of carbonyl (C=O) groups excluding carboxylic acids is 1. The van der Waals surface area contributed by atoms with Crippen LogP contribution in [0.4, 0.5) is 0 Å². The number of aromatic nitrogens is 3. The minimum atomic E-state index is 0.00648. The first-order valence-corrected chi connectivity index (χ1v) is 6.52. The Kier molecular flexibility index (Phi) is 3.55. The van der Waals surface area contributed by atoms with Gasteiger partial charge in [0.05, 0.1) is 11.3 Å². The molecule has 5 heteroatoms. The number of carbonyl (C=O) groups is 1. The number of nitrogens with zero attached hydrogens (tertiary/aromatic N) is 4. The van der Waals surface area contributed by atoms with Crippen molar-refractivity contribution in [3.8, 4) is 0 Å². The van der Waals surface area contributed by atoms with Crippen molar-refractivity contribution in [2.24, 2.45) is 7.05 Å². The van der Waals surface area contributed by atoms with E-state index in [4.69, 9.17) is 0 Å². The van der Waals surface area contributed by atoms with Crippen molar-refractivity contribution in [2.45, 2.75) is 33.2 Å². The van der Waals surface area contributed by atoms with Crippen LogP contribution in [0, 0.1) is 6.92 Å². The van der Waals surface area contributed by atoms with Crippen molar-refractivity contribution in [1.29, 1.82) is 0 Å². The Morgan fingerprint density at radius 3 is 2.84 bits per heavy atom. The van der Waals surface area contributed by atoms with Crippen LogP contribution < -0.4 is 0 Å². The van der Waals surface area contributed by atoms with Gasteiger partial charge in [0.2, 0.25) is 0 Å². The lowest BCUT2D eigenvalue weighted by Crippen LogP contribution is -2.34. The summed E-state index contributed by atoms with van der Waals surface area (Å²) in [6, 6.07) is 2.10. The summed E-state index contributed by atoms with van der Waals surface area (Å²) in [5, 5.41) is 5.25. The van der Waals surface area contributed by atoms with E-state index >= 15 is 0 Å². The summed E-state index contributed by atoms with van der Waals surface area (Å²) >= 11 is 0. The fourth-order valence-corrected chi connectivity index (χ4v) is 2.10. The van der Waals surface area contributed by atoms with Crippen LogP contribution in [0.2, 0.25) is 0 Å². The Bertz CT molecular complexity index is 617. The Balaban J connectivity index is 2.41. The van der Waals surface area contributed by atoms with Gasteiger partial charge in [0, 0.05) is 31.7 Å². The van der Waals surface area contributed by atoms with E-state index in [0.717, 1.165) is 23.1 Å². The fraction of sp³-hybridized carbons (Fsp3) is 0.500. The molecule has 0 aliphatic rings. The number of hydrogen-bond acceptors (Lipinski definition) is 3. The molecular weight excluding hydrogens is 240 g/mol.